The highest BCUT2D eigenvalue weighted by Gasteiger charge is 2.33. The third-order valence-corrected chi connectivity index (χ3v) is 5.12. The number of carbonyl (C=O) groups excluding carboxylic acids is 2. The molecule has 3 amide bonds. The Bertz CT molecular complexity index is 1170. The first-order valence-electron chi connectivity index (χ1n) is 10.3. The van der Waals surface area contributed by atoms with Crippen molar-refractivity contribution in [2.45, 2.75) is 20.1 Å². The van der Waals surface area contributed by atoms with Crippen LogP contribution >= 0.6 is 0 Å². The Balaban J connectivity index is 1.49. The van der Waals surface area contributed by atoms with Gasteiger partial charge in [-0.3, -0.25) is 9.69 Å². The molecule has 4 rings (SSSR count). The lowest BCUT2D eigenvalue weighted by molar-refractivity contribution is -0.123. The number of hydrogen-bond acceptors (Lipinski definition) is 4. The number of methoxy groups -OCH3 is 1. The van der Waals surface area contributed by atoms with Crippen molar-refractivity contribution in [1.29, 1.82) is 0 Å². The molecule has 1 aliphatic heterocycles. The molecule has 0 bridgehead atoms. The maximum atomic E-state index is 12.8. The van der Waals surface area contributed by atoms with E-state index in [-0.39, 0.29) is 18.1 Å². The fourth-order valence-corrected chi connectivity index (χ4v) is 3.50. The van der Waals surface area contributed by atoms with Crippen LogP contribution in [0, 0.1) is 6.92 Å². The molecule has 32 heavy (non-hydrogen) atoms. The van der Waals surface area contributed by atoms with E-state index in [0.29, 0.717) is 18.1 Å². The third-order valence-electron chi connectivity index (χ3n) is 5.12. The Kier molecular flexibility index (Phi) is 6.22. The predicted molar refractivity (Wildman–Crippen MR) is 122 cm³/mol. The van der Waals surface area contributed by atoms with Gasteiger partial charge in [-0.1, -0.05) is 66.2 Å². The van der Waals surface area contributed by atoms with Crippen LogP contribution in [0.25, 0.3) is 6.08 Å². The van der Waals surface area contributed by atoms with E-state index < -0.39 is 6.03 Å². The Morgan fingerprint density at radius 2 is 1.69 bits per heavy atom. The molecule has 0 saturated carbocycles. The lowest BCUT2D eigenvalue weighted by Crippen LogP contribution is -2.30. The van der Waals surface area contributed by atoms with Crippen LogP contribution in [0.5, 0.6) is 11.5 Å². The normalized spacial score (nSPS) is 14.6. The van der Waals surface area contributed by atoms with Gasteiger partial charge in [0.05, 0.1) is 13.7 Å². The summed E-state index contributed by atoms with van der Waals surface area (Å²) >= 11 is 0. The molecular weight excluding hydrogens is 404 g/mol. The highest BCUT2D eigenvalue weighted by Crippen LogP contribution is 2.30. The molecule has 162 valence electrons. The van der Waals surface area contributed by atoms with Crippen LogP contribution in [0.1, 0.15) is 22.3 Å². The van der Waals surface area contributed by atoms with E-state index in [4.69, 9.17) is 9.47 Å². The molecule has 3 aromatic carbocycles. The fraction of sp³-hybridized carbons (Fsp3) is 0.154. The number of imide groups is 1. The molecule has 1 fully saturated rings. The Hall–Kier alpha value is -4.06. The number of benzene rings is 3. The Morgan fingerprint density at radius 1 is 0.906 bits per heavy atom. The zero-order chi connectivity index (χ0) is 22.5. The molecule has 1 saturated heterocycles. The van der Waals surface area contributed by atoms with E-state index in [1.54, 1.807) is 25.3 Å². The number of hydrogen-bond donors (Lipinski definition) is 1. The number of urea groups is 1. The lowest BCUT2D eigenvalue weighted by atomic mass is 10.1. The minimum absolute atomic E-state index is 0.221. The molecule has 0 aromatic heterocycles. The molecular formula is C26H24N2O4. The summed E-state index contributed by atoms with van der Waals surface area (Å²) in [6, 6.07) is 22.5. The fourth-order valence-electron chi connectivity index (χ4n) is 3.50. The topological polar surface area (TPSA) is 67.9 Å². The summed E-state index contributed by atoms with van der Waals surface area (Å²) in [5, 5.41) is 2.66. The molecule has 6 nitrogen and oxygen atoms in total. The van der Waals surface area contributed by atoms with Gasteiger partial charge in [0.15, 0.2) is 11.5 Å². The summed E-state index contributed by atoms with van der Waals surface area (Å²) in [5.41, 5.74) is 3.97. The van der Waals surface area contributed by atoms with E-state index in [1.807, 2.05) is 67.6 Å². The first-order chi connectivity index (χ1) is 15.5. The molecule has 0 spiro atoms. The maximum Gasteiger partial charge on any atom is 0.329 e. The van der Waals surface area contributed by atoms with Gasteiger partial charge in [0, 0.05) is 0 Å². The number of rotatable bonds is 7. The zero-order valence-electron chi connectivity index (χ0n) is 18.0. The first kappa shape index (κ1) is 21.2. The van der Waals surface area contributed by atoms with Crippen LogP contribution < -0.4 is 14.8 Å². The summed E-state index contributed by atoms with van der Waals surface area (Å²) in [7, 11) is 1.56. The average molecular weight is 428 g/mol. The Labute approximate surface area is 187 Å². The summed E-state index contributed by atoms with van der Waals surface area (Å²) in [6.07, 6.45) is 1.64. The number of carbonyl (C=O) groups is 2. The predicted octanol–water partition coefficient (Wildman–Crippen LogP) is 4.68. The van der Waals surface area contributed by atoms with Crippen LogP contribution in [-0.2, 0) is 17.9 Å². The lowest BCUT2D eigenvalue weighted by Gasteiger charge is -2.12. The molecule has 1 heterocycles. The van der Waals surface area contributed by atoms with E-state index >= 15 is 0 Å². The number of amides is 3. The van der Waals surface area contributed by atoms with E-state index in [1.165, 1.54) is 4.90 Å². The molecule has 1 aliphatic rings. The standard InChI is InChI=1S/C26H24N2O4/c1-18-7-6-10-21(13-18)16-28-25(29)22(27-26(28)30)14-20-11-12-23(24(15-20)31-2)32-17-19-8-4-3-5-9-19/h3-15H,16-17H2,1-2H3,(H,27,30)/b22-14+. The summed E-state index contributed by atoms with van der Waals surface area (Å²) in [4.78, 5) is 26.4. The van der Waals surface area contributed by atoms with E-state index in [0.717, 1.165) is 22.3 Å². The van der Waals surface area contributed by atoms with Gasteiger partial charge >= 0.3 is 6.03 Å². The number of aryl methyl sites for hydroxylation is 1. The minimum atomic E-state index is -0.433. The van der Waals surface area contributed by atoms with Crippen LogP contribution in [-0.4, -0.2) is 23.9 Å². The number of ether oxygens (including phenoxy) is 2. The number of nitrogens with one attached hydrogen (secondary N) is 1. The second-order valence-corrected chi connectivity index (χ2v) is 7.55. The van der Waals surface area contributed by atoms with Gasteiger partial charge in [0.25, 0.3) is 5.91 Å². The van der Waals surface area contributed by atoms with Crippen molar-refractivity contribution < 1.29 is 19.1 Å². The minimum Gasteiger partial charge on any atom is -0.493 e. The van der Waals surface area contributed by atoms with Gasteiger partial charge < -0.3 is 14.8 Å². The van der Waals surface area contributed by atoms with Gasteiger partial charge in [-0.25, -0.2) is 4.79 Å². The SMILES string of the molecule is COc1cc(/C=C2/NC(=O)N(Cc3cccc(C)c3)C2=O)ccc1OCc1ccccc1. The first-order valence-corrected chi connectivity index (χ1v) is 10.3. The smallest absolute Gasteiger partial charge is 0.329 e. The highest BCUT2D eigenvalue weighted by molar-refractivity contribution is 6.13. The van der Waals surface area contributed by atoms with Crippen molar-refractivity contribution in [3.05, 3.63) is 101 Å². The molecule has 0 unspecified atom stereocenters. The monoisotopic (exact) mass is 428 g/mol. The van der Waals surface area contributed by atoms with Gasteiger partial charge in [-0.2, -0.15) is 0 Å². The largest absolute Gasteiger partial charge is 0.493 e. The van der Waals surface area contributed by atoms with Crippen molar-refractivity contribution in [1.82, 2.24) is 10.2 Å². The molecule has 0 aliphatic carbocycles. The van der Waals surface area contributed by atoms with Crippen molar-refractivity contribution in [3.8, 4) is 11.5 Å². The van der Waals surface area contributed by atoms with Crippen molar-refractivity contribution in [2.24, 2.45) is 0 Å². The van der Waals surface area contributed by atoms with Crippen molar-refractivity contribution in [3.63, 3.8) is 0 Å². The molecule has 1 N–H and O–H groups in total. The molecule has 3 aromatic rings. The van der Waals surface area contributed by atoms with E-state index in [2.05, 4.69) is 5.32 Å². The zero-order valence-corrected chi connectivity index (χ0v) is 18.0. The average Bonchev–Trinajstić information content (AvgIpc) is 3.06. The van der Waals surface area contributed by atoms with Crippen LogP contribution in [0.2, 0.25) is 0 Å². The van der Waals surface area contributed by atoms with Crippen LogP contribution in [0.15, 0.2) is 78.5 Å². The third kappa shape index (κ3) is 4.81. The molecule has 0 radical (unpaired) electrons. The highest BCUT2D eigenvalue weighted by atomic mass is 16.5. The second kappa shape index (κ2) is 9.39. The quantitative estimate of drug-likeness (QED) is 0.438. The van der Waals surface area contributed by atoms with Gasteiger partial charge in [-0.05, 0) is 41.8 Å². The molecule has 0 atom stereocenters. The summed E-state index contributed by atoms with van der Waals surface area (Å²) < 4.78 is 11.3. The van der Waals surface area contributed by atoms with Crippen molar-refractivity contribution in [2.75, 3.05) is 7.11 Å². The summed E-state index contributed by atoms with van der Waals surface area (Å²) in [6.45, 7) is 2.61. The number of nitrogens with zero attached hydrogens (tertiary/aromatic N) is 1. The second-order valence-electron chi connectivity index (χ2n) is 7.55. The van der Waals surface area contributed by atoms with Gasteiger partial charge in [0.1, 0.15) is 12.3 Å². The van der Waals surface area contributed by atoms with Crippen LogP contribution in [0.3, 0.4) is 0 Å². The maximum absolute atomic E-state index is 12.8. The van der Waals surface area contributed by atoms with E-state index in [9.17, 15) is 9.59 Å². The molecule has 6 heteroatoms. The van der Waals surface area contributed by atoms with Gasteiger partial charge in [-0.15, -0.1) is 0 Å². The van der Waals surface area contributed by atoms with Crippen LogP contribution in [0.4, 0.5) is 4.79 Å². The van der Waals surface area contributed by atoms with Crippen molar-refractivity contribution >= 4 is 18.0 Å². The summed E-state index contributed by atoms with van der Waals surface area (Å²) in [5.74, 6) is 0.782. The Morgan fingerprint density at radius 3 is 2.44 bits per heavy atom. The van der Waals surface area contributed by atoms with Gasteiger partial charge in [0.2, 0.25) is 0 Å².